The van der Waals surface area contributed by atoms with Crippen LogP contribution in [0.2, 0.25) is 0 Å². The van der Waals surface area contributed by atoms with Gasteiger partial charge in [-0.3, -0.25) is 0 Å². The molecule has 4 heteroatoms. The van der Waals surface area contributed by atoms with Crippen LogP contribution in [0.5, 0.6) is 0 Å². The first kappa shape index (κ1) is 12.6. The highest BCUT2D eigenvalue weighted by Crippen LogP contribution is 2.28. The Bertz CT molecular complexity index is 716. The van der Waals surface area contributed by atoms with Crippen LogP contribution in [0, 0.1) is 24.1 Å². The quantitative estimate of drug-likeness (QED) is 0.903. The van der Waals surface area contributed by atoms with E-state index in [4.69, 9.17) is 0 Å². The minimum atomic E-state index is -0.346. The van der Waals surface area contributed by atoms with Gasteiger partial charge in [0.05, 0.1) is 11.3 Å². The minimum Gasteiger partial charge on any atom is -0.337 e. The normalized spacial score (nSPS) is 12.8. The summed E-state index contributed by atoms with van der Waals surface area (Å²) in [5.74, 6) is 0.0967. The Morgan fingerprint density at radius 3 is 2.95 bits per heavy atom. The van der Waals surface area contributed by atoms with Crippen LogP contribution in [-0.4, -0.2) is 4.98 Å². The molecule has 0 amide bonds. The molecule has 0 radical (unpaired) electrons. The predicted molar refractivity (Wildman–Crippen MR) is 75.4 cm³/mol. The van der Waals surface area contributed by atoms with E-state index >= 15 is 0 Å². The Labute approximate surface area is 117 Å². The summed E-state index contributed by atoms with van der Waals surface area (Å²) in [5, 5.41) is 12.2. The number of nitrogens with one attached hydrogen (secondary N) is 1. The lowest BCUT2D eigenvalue weighted by atomic mass is 10.1. The smallest absolute Gasteiger partial charge is 0.148 e. The molecule has 0 fully saturated rings. The molecule has 1 N–H and O–H groups in total. The van der Waals surface area contributed by atoms with E-state index in [1.165, 1.54) is 6.07 Å². The van der Waals surface area contributed by atoms with Gasteiger partial charge in [-0.25, -0.2) is 9.37 Å². The molecule has 1 aromatic heterocycles. The zero-order valence-corrected chi connectivity index (χ0v) is 11.2. The molecule has 1 aromatic carbocycles. The van der Waals surface area contributed by atoms with Gasteiger partial charge in [-0.1, -0.05) is 6.07 Å². The van der Waals surface area contributed by atoms with Gasteiger partial charge in [0.15, 0.2) is 0 Å². The molecule has 2 aromatic rings. The van der Waals surface area contributed by atoms with Gasteiger partial charge >= 0.3 is 0 Å². The molecule has 0 unspecified atom stereocenters. The molecular formula is C16H14FN3. The van der Waals surface area contributed by atoms with E-state index in [-0.39, 0.29) is 5.82 Å². The average Bonchev–Trinajstić information content (AvgIpc) is 2.89. The largest absolute Gasteiger partial charge is 0.337 e. The summed E-state index contributed by atoms with van der Waals surface area (Å²) in [6.07, 6.45) is 2.96. The van der Waals surface area contributed by atoms with Crippen molar-refractivity contribution < 1.29 is 4.39 Å². The molecule has 0 saturated carbocycles. The lowest BCUT2D eigenvalue weighted by Gasteiger charge is -2.11. The fraction of sp³-hybridized carbons (Fsp3) is 0.250. The van der Waals surface area contributed by atoms with Crippen molar-refractivity contribution in [2.75, 3.05) is 5.32 Å². The van der Waals surface area contributed by atoms with E-state index in [0.717, 1.165) is 36.1 Å². The van der Waals surface area contributed by atoms with Crippen LogP contribution >= 0.6 is 0 Å². The highest BCUT2D eigenvalue weighted by atomic mass is 19.1. The first-order valence-electron chi connectivity index (χ1n) is 6.63. The third-order valence-electron chi connectivity index (χ3n) is 3.55. The number of aryl methyl sites for hydroxylation is 3. The molecule has 1 aliphatic carbocycles. The van der Waals surface area contributed by atoms with Crippen LogP contribution < -0.4 is 5.32 Å². The number of aromatic nitrogens is 1. The molecule has 0 saturated heterocycles. The van der Waals surface area contributed by atoms with E-state index in [1.807, 2.05) is 13.0 Å². The number of pyridine rings is 1. The lowest BCUT2D eigenvalue weighted by molar-refractivity contribution is 0.631. The minimum absolute atomic E-state index is 0.346. The van der Waals surface area contributed by atoms with Gasteiger partial charge in [0.1, 0.15) is 17.7 Å². The van der Waals surface area contributed by atoms with Crippen LogP contribution in [0.3, 0.4) is 0 Å². The lowest BCUT2D eigenvalue weighted by Crippen LogP contribution is -2.02. The second-order valence-corrected chi connectivity index (χ2v) is 5.06. The van der Waals surface area contributed by atoms with E-state index < -0.39 is 0 Å². The number of rotatable bonds is 2. The first-order chi connectivity index (χ1) is 9.67. The SMILES string of the molecule is Cc1ccc(F)c(Nc2nc3c(cc2C#N)CCC3)c1. The Hall–Kier alpha value is -2.41. The van der Waals surface area contributed by atoms with E-state index in [9.17, 15) is 9.65 Å². The van der Waals surface area contributed by atoms with Crippen molar-refractivity contribution >= 4 is 11.5 Å². The van der Waals surface area contributed by atoms with Gasteiger partial charge in [-0.2, -0.15) is 5.26 Å². The first-order valence-corrected chi connectivity index (χ1v) is 6.63. The third kappa shape index (κ3) is 2.23. The van der Waals surface area contributed by atoms with Crippen molar-refractivity contribution in [1.29, 1.82) is 5.26 Å². The second kappa shape index (κ2) is 4.93. The summed E-state index contributed by atoms with van der Waals surface area (Å²) in [6, 6.07) is 8.84. The van der Waals surface area contributed by atoms with Crippen molar-refractivity contribution in [3.05, 3.63) is 52.5 Å². The summed E-state index contributed by atoms with van der Waals surface area (Å²) in [7, 11) is 0. The van der Waals surface area contributed by atoms with Crippen molar-refractivity contribution in [3.8, 4) is 6.07 Å². The van der Waals surface area contributed by atoms with Crippen molar-refractivity contribution in [1.82, 2.24) is 4.98 Å². The fourth-order valence-corrected chi connectivity index (χ4v) is 2.52. The van der Waals surface area contributed by atoms with Gasteiger partial charge in [0.25, 0.3) is 0 Å². The number of nitriles is 1. The second-order valence-electron chi connectivity index (χ2n) is 5.06. The Kier molecular flexibility index (Phi) is 3.11. The van der Waals surface area contributed by atoms with Gasteiger partial charge in [-0.15, -0.1) is 0 Å². The molecule has 1 aliphatic rings. The van der Waals surface area contributed by atoms with Gasteiger partial charge < -0.3 is 5.32 Å². The summed E-state index contributed by atoms with van der Waals surface area (Å²) in [5.41, 5.74) is 3.92. The van der Waals surface area contributed by atoms with Crippen LogP contribution in [-0.2, 0) is 12.8 Å². The van der Waals surface area contributed by atoms with Crippen molar-refractivity contribution in [2.24, 2.45) is 0 Å². The van der Waals surface area contributed by atoms with E-state index in [1.54, 1.807) is 12.1 Å². The number of halogens is 1. The van der Waals surface area contributed by atoms with Crippen LogP contribution in [0.25, 0.3) is 0 Å². The third-order valence-corrected chi connectivity index (χ3v) is 3.55. The summed E-state index contributed by atoms with van der Waals surface area (Å²) in [6.45, 7) is 1.89. The molecule has 0 aliphatic heterocycles. The topological polar surface area (TPSA) is 48.7 Å². The van der Waals surface area contributed by atoms with Gasteiger partial charge in [0.2, 0.25) is 0 Å². The van der Waals surface area contributed by atoms with Gasteiger partial charge in [0, 0.05) is 5.69 Å². The number of hydrogen-bond donors (Lipinski definition) is 1. The zero-order valence-electron chi connectivity index (χ0n) is 11.2. The molecule has 1 heterocycles. The number of anilines is 2. The van der Waals surface area contributed by atoms with Crippen molar-refractivity contribution in [2.45, 2.75) is 26.2 Å². The molecule has 0 bridgehead atoms. The monoisotopic (exact) mass is 267 g/mol. The Morgan fingerprint density at radius 1 is 1.30 bits per heavy atom. The maximum absolute atomic E-state index is 13.8. The maximum Gasteiger partial charge on any atom is 0.148 e. The number of fused-ring (bicyclic) bond motifs is 1. The summed E-state index contributed by atoms with van der Waals surface area (Å²) >= 11 is 0. The summed E-state index contributed by atoms with van der Waals surface area (Å²) in [4.78, 5) is 4.49. The number of hydrogen-bond acceptors (Lipinski definition) is 3. The molecule has 0 atom stereocenters. The Morgan fingerprint density at radius 2 is 2.15 bits per heavy atom. The molecule has 3 nitrogen and oxygen atoms in total. The predicted octanol–water partition coefficient (Wildman–Crippen LogP) is 3.63. The number of benzene rings is 1. The van der Waals surface area contributed by atoms with Crippen LogP contribution in [0.4, 0.5) is 15.9 Å². The van der Waals surface area contributed by atoms with Crippen molar-refractivity contribution in [3.63, 3.8) is 0 Å². The summed E-state index contributed by atoms with van der Waals surface area (Å²) < 4.78 is 13.8. The fourth-order valence-electron chi connectivity index (χ4n) is 2.52. The van der Waals surface area contributed by atoms with E-state index in [0.29, 0.717) is 17.1 Å². The standard InChI is InChI=1S/C16H14FN3/c1-10-5-6-13(17)15(7-10)20-16-12(9-18)8-11-3-2-4-14(11)19-16/h5-8H,2-4H2,1H3,(H,19,20). The highest BCUT2D eigenvalue weighted by molar-refractivity contribution is 5.64. The molecule has 3 rings (SSSR count). The number of nitrogens with zero attached hydrogens (tertiary/aromatic N) is 2. The van der Waals surface area contributed by atoms with Gasteiger partial charge in [-0.05, 0) is 55.5 Å². The molecule has 20 heavy (non-hydrogen) atoms. The highest BCUT2D eigenvalue weighted by Gasteiger charge is 2.17. The zero-order chi connectivity index (χ0) is 14.1. The molecular weight excluding hydrogens is 253 g/mol. The Balaban J connectivity index is 2.02. The molecule has 100 valence electrons. The molecule has 0 spiro atoms. The average molecular weight is 267 g/mol. The van der Waals surface area contributed by atoms with Crippen LogP contribution in [0.1, 0.15) is 28.8 Å². The van der Waals surface area contributed by atoms with Crippen LogP contribution in [0.15, 0.2) is 24.3 Å². The maximum atomic E-state index is 13.8. The van der Waals surface area contributed by atoms with E-state index in [2.05, 4.69) is 16.4 Å².